The highest BCUT2D eigenvalue weighted by molar-refractivity contribution is 5.03. The fourth-order valence-corrected chi connectivity index (χ4v) is 4.94. The lowest BCUT2D eigenvalue weighted by atomic mass is 9.63. The summed E-state index contributed by atoms with van der Waals surface area (Å²) < 4.78 is 0. The van der Waals surface area contributed by atoms with Crippen LogP contribution in [0.15, 0.2) is 0 Å². The summed E-state index contributed by atoms with van der Waals surface area (Å²) in [6, 6.07) is 1.26. The van der Waals surface area contributed by atoms with Crippen molar-refractivity contribution in [2.75, 3.05) is 0 Å². The highest BCUT2D eigenvalue weighted by atomic mass is 16.3. The molecule has 3 aliphatic carbocycles. The van der Waals surface area contributed by atoms with E-state index >= 15 is 0 Å². The van der Waals surface area contributed by atoms with Crippen molar-refractivity contribution in [3.63, 3.8) is 0 Å². The molecule has 20 heavy (non-hydrogen) atoms. The third-order valence-corrected chi connectivity index (χ3v) is 6.71. The Morgan fingerprint density at radius 3 is 2.20 bits per heavy atom. The van der Waals surface area contributed by atoms with Gasteiger partial charge in [-0.3, -0.25) is 0 Å². The van der Waals surface area contributed by atoms with Gasteiger partial charge in [0.25, 0.3) is 0 Å². The Kier molecular flexibility index (Phi) is 4.42. The molecule has 0 aromatic heterocycles. The maximum absolute atomic E-state index is 9.95. The van der Waals surface area contributed by atoms with Crippen molar-refractivity contribution in [1.82, 2.24) is 5.32 Å². The fraction of sp³-hybridized carbons (Fsp3) is 1.00. The normalized spacial score (nSPS) is 42.1. The molecule has 2 N–H and O–H groups in total. The van der Waals surface area contributed by atoms with Crippen LogP contribution in [0.3, 0.4) is 0 Å². The highest BCUT2D eigenvalue weighted by Crippen LogP contribution is 2.43. The zero-order valence-corrected chi connectivity index (χ0v) is 13.4. The summed E-state index contributed by atoms with van der Waals surface area (Å²) in [5.41, 5.74) is 0.0779. The van der Waals surface area contributed by atoms with E-state index in [1.54, 1.807) is 0 Å². The van der Waals surface area contributed by atoms with Crippen molar-refractivity contribution in [2.24, 2.45) is 17.3 Å². The summed E-state index contributed by atoms with van der Waals surface area (Å²) in [6.07, 6.45) is 13.8. The van der Waals surface area contributed by atoms with Crippen LogP contribution in [-0.4, -0.2) is 23.3 Å². The number of hydrogen-bond acceptors (Lipinski definition) is 2. The van der Waals surface area contributed by atoms with E-state index in [4.69, 9.17) is 0 Å². The van der Waals surface area contributed by atoms with E-state index in [0.29, 0.717) is 6.04 Å². The van der Waals surface area contributed by atoms with Crippen molar-refractivity contribution in [3.05, 3.63) is 0 Å². The molecule has 0 aliphatic heterocycles. The van der Waals surface area contributed by atoms with E-state index in [1.165, 1.54) is 57.8 Å². The molecular weight excluding hydrogens is 246 g/mol. The van der Waals surface area contributed by atoms with Crippen molar-refractivity contribution in [2.45, 2.75) is 96.2 Å². The molecule has 0 amide bonds. The van der Waals surface area contributed by atoms with Gasteiger partial charge in [-0.2, -0.15) is 0 Å². The molecule has 3 rings (SSSR count). The number of rotatable bonds is 3. The molecule has 0 bridgehead atoms. The third-order valence-electron chi connectivity index (χ3n) is 6.71. The van der Waals surface area contributed by atoms with Crippen LogP contribution >= 0.6 is 0 Å². The van der Waals surface area contributed by atoms with Gasteiger partial charge in [0.1, 0.15) is 0 Å². The fourth-order valence-electron chi connectivity index (χ4n) is 4.94. The van der Waals surface area contributed by atoms with Crippen LogP contribution < -0.4 is 5.32 Å². The second-order valence-corrected chi connectivity index (χ2v) is 8.25. The topological polar surface area (TPSA) is 32.3 Å². The van der Waals surface area contributed by atoms with Crippen LogP contribution in [0.2, 0.25) is 0 Å². The Morgan fingerprint density at radius 2 is 1.55 bits per heavy atom. The standard InChI is InChI=1S/C18H33NO/c1-18(2)16(12-17(18)20)19-15-11-7-6-10-14(15)13-8-4-3-5-9-13/h13-17,19-20H,3-12H2,1-2H3. The second-order valence-electron chi connectivity index (χ2n) is 8.25. The minimum Gasteiger partial charge on any atom is -0.392 e. The summed E-state index contributed by atoms with van der Waals surface area (Å²) in [5, 5.41) is 13.9. The van der Waals surface area contributed by atoms with Gasteiger partial charge in [-0.25, -0.2) is 0 Å². The maximum atomic E-state index is 9.95. The molecule has 2 heteroatoms. The van der Waals surface area contributed by atoms with Crippen LogP contribution in [0.25, 0.3) is 0 Å². The van der Waals surface area contributed by atoms with Gasteiger partial charge in [-0.15, -0.1) is 0 Å². The van der Waals surface area contributed by atoms with Crippen LogP contribution in [0.4, 0.5) is 0 Å². The Morgan fingerprint density at radius 1 is 0.900 bits per heavy atom. The van der Waals surface area contributed by atoms with E-state index in [2.05, 4.69) is 19.2 Å². The van der Waals surface area contributed by atoms with Crippen molar-refractivity contribution >= 4 is 0 Å². The number of hydrogen-bond donors (Lipinski definition) is 2. The van der Waals surface area contributed by atoms with Gasteiger partial charge in [0.05, 0.1) is 6.10 Å². The predicted octanol–water partition coefficient (Wildman–Crippen LogP) is 3.87. The lowest BCUT2D eigenvalue weighted by molar-refractivity contribution is -0.0810. The van der Waals surface area contributed by atoms with Gasteiger partial charge in [0.15, 0.2) is 0 Å². The minimum atomic E-state index is -0.100. The number of aliphatic hydroxyl groups is 1. The van der Waals surface area contributed by atoms with Crippen LogP contribution in [0, 0.1) is 17.3 Å². The van der Waals surface area contributed by atoms with E-state index in [9.17, 15) is 5.11 Å². The molecule has 3 aliphatic rings. The molecule has 116 valence electrons. The summed E-state index contributed by atoms with van der Waals surface area (Å²) in [4.78, 5) is 0. The first-order chi connectivity index (χ1) is 9.59. The first-order valence-corrected chi connectivity index (χ1v) is 9.03. The van der Waals surface area contributed by atoms with E-state index in [-0.39, 0.29) is 11.5 Å². The summed E-state index contributed by atoms with van der Waals surface area (Å²) in [6.45, 7) is 4.44. The lowest BCUT2D eigenvalue weighted by Gasteiger charge is -2.53. The quantitative estimate of drug-likeness (QED) is 0.822. The molecule has 0 heterocycles. The van der Waals surface area contributed by atoms with Crippen molar-refractivity contribution < 1.29 is 5.11 Å². The molecule has 0 saturated heterocycles. The van der Waals surface area contributed by atoms with Crippen LogP contribution in [0.5, 0.6) is 0 Å². The third kappa shape index (κ3) is 2.78. The molecule has 0 radical (unpaired) electrons. The van der Waals surface area contributed by atoms with Gasteiger partial charge in [0.2, 0.25) is 0 Å². The largest absolute Gasteiger partial charge is 0.392 e. The molecule has 0 aromatic rings. The highest BCUT2D eigenvalue weighted by Gasteiger charge is 2.48. The van der Waals surface area contributed by atoms with E-state index in [1.807, 2.05) is 0 Å². The zero-order valence-electron chi connectivity index (χ0n) is 13.4. The van der Waals surface area contributed by atoms with E-state index < -0.39 is 0 Å². The first kappa shape index (κ1) is 14.8. The minimum absolute atomic E-state index is 0.0779. The smallest absolute Gasteiger partial charge is 0.0621 e. The lowest BCUT2D eigenvalue weighted by Crippen LogP contribution is -2.63. The van der Waals surface area contributed by atoms with E-state index in [0.717, 1.165) is 24.3 Å². The number of nitrogens with one attached hydrogen (secondary N) is 1. The molecule has 0 spiro atoms. The van der Waals surface area contributed by atoms with Crippen molar-refractivity contribution in [1.29, 1.82) is 0 Å². The van der Waals surface area contributed by atoms with Gasteiger partial charge in [-0.05, 0) is 31.1 Å². The summed E-state index contributed by atoms with van der Waals surface area (Å²) >= 11 is 0. The molecule has 4 atom stereocenters. The Hall–Kier alpha value is -0.0800. The summed E-state index contributed by atoms with van der Waals surface area (Å²) in [5.74, 6) is 1.90. The van der Waals surface area contributed by atoms with Crippen LogP contribution in [0.1, 0.15) is 78.1 Å². The monoisotopic (exact) mass is 279 g/mol. The first-order valence-electron chi connectivity index (χ1n) is 9.03. The molecule has 3 saturated carbocycles. The molecule has 3 fully saturated rings. The number of aliphatic hydroxyl groups excluding tert-OH is 1. The average Bonchev–Trinajstić information content (AvgIpc) is 2.48. The van der Waals surface area contributed by atoms with Gasteiger partial charge in [0, 0.05) is 17.5 Å². The van der Waals surface area contributed by atoms with Gasteiger partial charge < -0.3 is 10.4 Å². The molecule has 2 nitrogen and oxygen atoms in total. The van der Waals surface area contributed by atoms with Crippen molar-refractivity contribution in [3.8, 4) is 0 Å². The zero-order chi connectivity index (χ0) is 14.2. The Balaban J connectivity index is 1.60. The molecule has 0 aromatic carbocycles. The van der Waals surface area contributed by atoms with Gasteiger partial charge >= 0.3 is 0 Å². The van der Waals surface area contributed by atoms with Crippen LogP contribution in [-0.2, 0) is 0 Å². The average molecular weight is 279 g/mol. The maximum Gasteiger partial charge on any atom is 0.0621 e. The molecule has 4 unspecified atom stereocenters. The van der Waals surface area contributed by atoms with Gasteiger partial charge in [-0.1, -0.05) is 58.8 Å². The Bertz CT molecular complexity index is 321. The Labute approximate surface area is 124 Å². The SMILES string of the molecule is CC1(C)C(O)CC1NC1CCCCC1C1CCCCC1. The summed E-state index contributed by atoms with van der Waals surface area (Å²) in [7, 11) is 0. The second kappa shape index (κ2) is 5.96. The molecular formula is C18H33NO. The predicted molar refractivity (Wildman–Crippen MR) is 83.6 cm³/mol.